The average molecular weight is 299 g/mol. The van der Waals surface area contributed by atoms with Crippen molar-refractivity contribution in [3.8, 4) is 0 Å². The van der Waals surface area contributed by atoms with Crippen LogP contribution in [0.15, 0.2) is 0 Å². The van der Waals surface area contributed by atoms with Crippen molar-refractivity contribution >= 4 is 5.97 Å². The molecule has 3 aliphatic rings. The van der Waals surface area contributed by atoms with E-state index in [0.29, 0.717) is 51.9 Å². The zero-order valence-electron chi connectivity index (χ0n) is 12.5. The summed E-state index contributed by atoms with van der Waals surface area (Å²) < 4.78 is 16.9. The van der Waals surface area contributed by atoms with E-state index < -0.39 is 11.4 Å². The summed E-state index contributed by atoms with van der Waals surface area (Å²) in [7, 11) is 0. The molecule has 0 radical (unpaired) electrons. The van der Waals surface area contributed by atoms with Crippen LogP contribution in [0.3, 0.4) is 0 Å². The number of carbonyl (C=O) groups is 1. The molecule has 6 heteroatoms. The second kappa shape index (κ2) is 5.50. The van der Waals surface area contributed by atoms with Crippen LogP contribution >= 0.6 is 0 Å². The van der Waals surface area contributed by atoms with Gasteiger partial charge in [-0.15, -0.1) is 0 Å². The van der Waals surface area contributed by atoms with E-state index in [9.17, 15) is 9.90 Å². The summed E-state index contributed by atoms with van der Waals surface area (Å²) >= 11 is 0. The topological polar surface area (TPSA) is 91.0 Å². The monoisotopic (exact) mass is 299 g/mol. The lowest BCUT2D eigenvalue weighted by Crippen LogP contribution is -2.67. The van der Waals surface area contributed by atoms with Crippen molar-refractivity contribution in [2.75, 3.05) is 19.8 Å². The van der Waals surface area contributed by atoms with E-state index in [1.807, 2.05) is 0 Å². The molecular formula is C15H25NO5. The van der Waals surface area contributed by atoms with Gasteiger partial charge in [0.25, 0.3) is 0 Å². The van der Waals surface area contributed by atoms with Gasteiger partial charge in [0, 0.05) is 18.4 Å². The van der Waals surface area contributed by atoms with Crippen LogP contribution in [0, 0.1) is 11.8 Å². The highest BCUT2D eigenvalue weighted by Crippen LogP contribution is 2.53. The molecule has 1 saturated heterocycles. The SMILES string of the molecule is CCOC(=O)[C@@H]1CC[C@@]2(O)[C@H](N)CCC3(OCCO3)[C@@H]2C1. The number of esters is 1. The minimum atomic E-state index is -1.01. The Hall–Kier alpha value is -0.690. The largest absolute Gasteiger partial charge is 0.466 e. The normalized spacial score (nSPS) is 41.8. The van der Waals surface area contributed by atoms with Crippen molar-refractivity contribution < 1.29 is 24.1 Å². The van der Waals surface area contributed by atoms with Gasteiger partial charge in [0.1, 0.15) is 0 Å². The third-order valence-corrected chi connectivity index (χ3v) is 5.39. The molecule has 1 aliphatic heterocycles. The maximum atomic E-state index is 12.0. The van der Waals surface area contributed by atoms with E-state index in [4.69, 9.17) is 19.9 Å². The highest BCUT2D eigenvalue weighted by molar-refractivity contribution is 5.72. The Morgan fingerprint density at radius 2 is 2.05 bits per heavy atom. The van der Waals surface area contributed by atoms with Gasteiger partial charge in [-0.05, 0) is 32.6 Å². The van der Waals surface area contributed by atoms with E-state index in [1.165, 1.54) is 0 Å². The summed E-state index contributed by atoms with van der Waals surface area (Å²) in [6.45, 7) is 3.25. The molecule has 0 unspecified atom stereocenters. The number of carbonyl (C=O) groups excluding carboxylic acids is 1. The molecule has 1 spiro atoms. The van der Waals surface area contributed by atoms with E-state index in [0.717, 1.165) is 0 Å². The van der Waals surface area contributed by atoms with Crippen molar-refractivity contribution in [2.24, 2.45) is 17.6 Å². The average Bonchev–Trinajstić information content (AvgIpc) is 2.93. The number of hydrogen-bond acceptors (Lipinski definition) is 6. The van der Waals surface area contributed by atoms with Gasteiger partial charge in [0.15, 0.2) is 5.79 Å². The van der Waals surface area contributed by atoms with Gasteiger partial charge in [-0.1, -0.05) is 0 Å². The first-order chi connectivity index (χ1) is 10.0. The fourth-order valence-electron chi connectivity index (χ4n) is 4.26. The maximum absolute atomic E-state index is 12.0. The summed E-state index contributed by atoms with van der Waals surface area (Å²) in [5, 5.41) is 11.1. The molecular weight excluding hydrogens is 274 g/mol. The number of fused-ring (bicyclic) bond motifs is 2. The molecule has 0 amide bonds. The number of rotatable bonds is 2. The lowest BCUT2D eigenvalue weighted by molar-refractivity contribution is -0.279. The van der Waals surface area contributed by atoms with Crippen LogP contribution < -0.4 is 5.73 Å². The molecule has 3 fully saturated rings. The quantitative estimate of drug-likeness (QED) is 0.724. The molecule has 0 bridgehead atoms. The number of aliphatic hydroxyl groups is 1. The Labute approximate surface area is 124 Å². The van der Waals surface area contributed by atoms with Crippen LogP contribution in [0.4, 0.5) is 0 Å². The summed E-state index contributed by atoms with van der Waals surface area (Å²) in [6, 6.07) is -0.288. The van der Waals surface area contributed by atoms with Crippen LogP contribution in [-0.4, -0.2) is 48.3 Å². The van der Waals surface area contributed by atoms with Crippen molar-refractivity contribution in [1.29, 1.82) is 0 Å². The molecule has 6 nitrogen and oxygen atoms in total. The Kier molecular flexibility index (Phi) is 3.98. The second-order valence-electron chi connectivity index (χ2n) is 6.42. The van der Waals surface area contributed by atoms with Gasteiger partial charge in [-0.2, -0.15) is 0 Å². The molecule has 120 valence electrons. The van der Waals surface area contributed by atoms with Gasteiger partial charge in [0.05, 0.1) is 31.3 Å². The van der Waals surface area contributed by atoms with Gasteiger partial charge in [0.2, 0.25) is 0 Å². The minimum Gasteiger partial charge on any atom is -0.466 e. The summed E-state index contributed by atoms with van der Waals surface area (Å²) in [5.74, 6) is -1.42. The molecule has 0 aromatic heterocycles. The van der Waals surface area contributed by atoms with E-state index >= 15 is 0 Å². The van der Waals surface area contributed by atoms with Crippen molar-refractivity contribution in [3.05, 3.63) is 0 Å². The van der Waals surface area contributed by atoms with E-state index in [1.54, 1.807) is 6.92 Å². The predicted octanol–water partition coefficient (Wildman–Crippen LogP) is 0.561. The lowest BCUT2D eigenvalue weighted by Gasteiger charge is -2.55. The zero-order valence-corrected chi connectivity index (χ0v) is 12.5. The van der Waals surface area contributed by atoms with Crippen molar-refractivity contribution in [3.63, 3.8) is 0 Å². The number of nitrogens with two attached hydrogens (primary N) is 1. The fraction of sp³-hybridized carbons (Fsp3) is 0.933. The van der Waals surface area contributed by atoms with E-state index in [2.05, 4.69) is 0 Å². The Balaban J connectivity index is 1.84. The predicted molar refractivity (Wildman–Crippen MR) is 74.3 cm³/mol. The molecule has 0 aromatic rings. The van der Waals surface area contributed by atoms with Crippen molar-refractivity contribution in [2.45, 2.75) is 56.5 Å². The van der Waals surface area contributed by atoms with Gasteiger partial charge in [-0.3, -0.25) is 4.79 Å². The third kappa shape index (κ3) is 2.38. The smallest absolute Gasteiger partial charge is 0.308 e. The van der Waals surface area contributed by atoms with Crippen LogP contribution in [0.1, 0.15) is 39.0 Å². The molecule has 21 heavy (non-hydrogen) atoms. The first kappa shape index (κ1) is 15.2. The summed E-state index contributed by atoms with van der Waals surface area (Å²) in [5.41, 5.74) is 5.17. The lowest BCUT2D eigenvalue weighted by atomic mass is 9.60. The molecule has 2 saturated carbocycles. The van der Waals surface area contributed by atoms with Gasteiger partial charge >= 0.3 is 5.97 Å². The minimum absolute atomic E-state index is 0.188. The molecule has 0 aromatic carbocycles. The first-order valence-electron chi connectivity index (χ1n) is 7.94. The Morgan fingerprint density at radius 1 is 1.33 bits per heavy atom. The Bertz CT molecular complexity index is 407. The van der Waals surface area contributed by atoms with Crippen LogP contribution in [0.25, 0.3) is 0 Å². The van der Waals surface area contributed by atoms with Gasteiger partial charge in [-0.25, -0.2) is 0 Å². The summed E-state index contributed by atoms with van der Waals surface area (Å²) in [4.78, 5) is 12.0. The fourth-order valence-corrected chi connectivity index (χ4v) is 4.26. The molecule has 4 atom stereocenters. The molecule has 3 N–H and O–H groups in total. The van der Waals surface area contributed by atoms with Crippen LogP contribution in [0.2, 0.25) is 0 Å². The standard InChI is InChI=1S/C15H25NO5/c1-2-19-13(17)10-3-5-14(18)11(9-10)15(6-4-12(14)16)20-7-8-21-15/h10-12,18H,2-9,16H2,1H3/t10-,11-,12-,14+/m1/s1. The second-order valence-corrected chi connectivity index (χ2v) is 6.42. The molecule has 2 aliphatic carbocycles. The van der Waals surface area contributed by atoms with Crippen molar-refractivity contribution in [1.82, 2.24) is 0 Å². The summed E-state index contributed by atoms with van der Waals surface area (Å²) in [6.07, 6.45) is 2.98. The van der Waals surface area contributed by atoms with Crippen LogP contribution in [0.5, 0.6) is 0 Å². The zero-order chi connectivity index (χ0) is 15.1. The highest BCUT2D eigenvalue weighted by Gasteiger charge is 2.62. The molecule has 3 rings (SSSR count). The number of ether oxygens (including phenoxy) is 3. The molecule has 1 heterocycles. The van der Waals surface area contributed by atoms with Gasteiger partial charge < -0.3 is 25.1 Å². The number of hydrogen-bond donors (Lipinski definition) is 2. The van der Waals surface area contributed by atoms with Crippen LogP contribution in [-0.2, 0) is 19.0 Å². The maximum Gasteiger partial charge on any atom is 0.308 e. The first-order valence-corrected chi connectivity index (χ1v) is 7.94. The highest BCUT2D eigenvalue weighted by atomic mass is 16.7. The Morgan fingerprint density at radius 3 is 2.71 bits per heavy atom. The third-order valence-electron chi connectivity index (χ3n) is 5.39. The van der Waals surface area contributed by atoms with E-state index in [-0.39, 0.29) is 23.8 Å².